The fraction of sp³-hybridized carbons (Fsp3) is 0.500. The third kappa shape index (κ3) is 3.55. The molecule has 1 aromatic carbocycles. The van der Waals surface area contributed by atoms with Crippen molar-refractivity contribution in [3.8, 4) is 0 Å². The van der Waals surface area contributed by atoms with Gasteiger partial charge in [0.25, 0.3) is 0 Å². The van der Waals surface area contributed by atoms with E-state index in [-0.39, 0.29) is 23.9 Å². The zero-order valence-corrected chi connectivity index (χ0v) is 12.7. The van der Waals surface area contributed by atoms with E-state index in [0.717, 1.165) is 10.0 Å². The van der Waals surface area contributed by atoms with E-state index in [0.29, 0.717) is 13.2 Å². The van der Waals surface area contributed by atoms with E-state index < -0.39 is 0 Å². The first-order valence-electron chi connectivity index (χ1n) is 6.42. The van der Waals surface area contributed by atoms with Gasteiger partial charge in [-0.3, -0.25) is 4.79 Å². The number of ether oxygens (including phenoxy) is 1. The highest BCUT2D eigenvalue weighted by Crippen LogP contribution is 2.19. The Kier molecular flexibility index (Phi) is 4.96. The second-order valence-electron chi connectivity index (χ2n) is 4.82. The van der Waals surface area contributed by atoms with Gasteiger partial charge in [0.2, 0.25) is 5.91 Å². The highest BCUT2D eigenvalue weighted by Gasteiger charge is 2.33. The van der Waals surface area contributed by atoms with E-state index in [4.69, 9.17) is 4.74 Å². The van der Waals surface area contributed by atoms with Gasteiger partial charge in [-0.2, -0.15) is 0 Å². The van der Waals surface area contributed by atoms with Crippen molar-refractivity contribution in [2.24, 2.45) is 5.92 Å². The number of carbonyl (C=O) groups is 1. The van der Waals surface area contributed by atoms with Crippen LogP contribution >= 0.6 is 15.9 Å². The fourth-order valence-electron chi connectivity index (χ4n) is 2.25. The van der Waals surface area contributed by atoms with Crippen LogP contribution in [0.25, 0.3) is 0 Å². The number of amides is 1. The monoisotopic (exact) mass is 326 g/mol. The van der Waals surface area contributed by atoms with E-state index in [1.165, 1.54) is 0 Å². The van der Waals surface area contributed by atoms with Gasteiger partial charge in [-0.15, -0.1) is 0 Å². The largest absolute Gasteiger partial charge is 0.379 e. The molecule has 0 saturated carbocycles. The summed E-state index contributed by atoms with van der Waals surface area (Å²) in [4.78, 5) is 12.2. The lowest BCUT2D eigenvalue weighted by Crippen LogP contribution is -2.43. The molecule has 0 aliphatic carbocycles. The molecule has 5 heteroatoms. The fourth-order valence-corrected chi connectivity index (χ4v) is 2.52. The van der Waals surface area contributed by atoms with Gasteiger partial charge in [0, 0.05) is 10.5 Å². The van der Waals surface area contributed by atoms with Gasteiger partial charge in [-0.25, -0.2) is 0 Å². The Hall–Kier alpha value is -0.910. The minimum absolute atomic E-state index is 0.00120. The van der Waals surface area contributed by atoms with Crippen molar-refractivity contribution in [3.63, 3.8) is 0 Å². The zero-order chi connectivity index (χ0) is 13.8. The number of hydrogen-bond donors (Lipinski definition) is 2. The second kappa shape index (κ2) is 6.50. The Balaban J connectivity index is 1.96. The van der Waals surface area contributed by atoms with Crippen molar-refractivity contribution in [3.05, 3.63) is 34.3 Å². The van der Waals surface area contributed by atoms with E-state index >= 15 is 0 Å². The Morgan fingerprint density at radius 3 is 2.68 bits per heavy atom. The quantitative estimate of drug-likeness (QED) is 0.888. The first-order chi connectivity index (χ1) is 9.11. The number of rotatable bonds is 4. The summed E-state index contributed by atoms with van der Waals surface area (Å²) in [7, 11) is 1.86. The lowest BCUT2D eigenvalue weighted by Gasteiger charge is -2.20. The normalized spacial score (nSPS) is 24.2. The molecule has 2 N–H and O–H groups in total. The summed E-state index contributed by atoms with van der Waals surface area (Å²) >= 11 is 3.40. The van der Waals surface area contributed by atoms with Crippen molar-refractivity contribution in [2.45, 2.75) is 19.0 Å². The third-order valence-corrected chi connectivity index (χ3v) is 4.05. The molecule has 0 bridgehead atoms. The maximum absolute atomic E-state index is 12.2. The molecule has 1 saturated heterocycles. The van der Waals surface area contributed by atoms with Gasteiger partial charge in [0.15, 0.2) is 0 Å². The highest BCUT2D eigenvalue weighted by molar-refractivity contribution is 9.10. The minimum atomic E-state index is -0.108. The molecule has 4 nitrogen and oxygen atoms in total. The average molecular weight is 327 g/mol. The number of likely N-dealkylation sites (N-methyl/N-ethyl adjacent to an activating group) is 1. The molecule has 0 spiro atoms. The van der Waals surface area contributed by atoms with Crippen LogP contribution in [0.2, 0.25) is 0 Å². The van der Waals surface area contributed by atoms with Crippen LogP contribution in [-0.2, 0) is 9.53 Å². The molecule has 1 fully saturated rings. The highest BCUT2D eigenvalue weighted by atomic mass is 79.9. The summed E-state index contributed by atoms with van der Waals surface area (Å²) in [5.41, 5.74) is 1.09. The van der Waals surface area contributed by atoms with Gasteiger partial charge in [-0.1, -0.05) is 28.1 Å². The van der Waals surface area contributed by atoms with Crippen LogP contribution in [0.3, 0.4) is 0 Å². The molecule has 1 aromatic rings. The molecule has 1 aliphatic heterocycles. The van der Waals surface area contributed by atoms with Crippen molar-refractivity contribution in [1.82, 2.24) is 10.6 Å². The number of hydrogen-bond acceptors (Lipinski definition) is 3. The molecule has 2 rings (SSSR count). The zero-order valence-electron chi connectivity index (χ0n) is 11.2. The maximum atomic E-state index is 12.2. The molecule has 0 aromatic heterocycles. The summed E-state index contributed by atoms with van der Waals surface area (Å²) in [5.74, 6) is -0.0600. The average Bonchev–Trinajstić information content (AvgIpc) is 2.87. The standard InChI is InChI=1S/C14H19BrN2O2/c1-9(10-3-5-11(15)6-4-10)17-14(18)12-7-19-8-13(12)16-2/h3-6,9,12-13,16H,7-8H2,1-2H3,(H,17,18). The SMILES string of the molecule is CNC1COCC1C(=O)NC(C)c1ccc(Br)cc1. The Labute approximate surface area is 122 Å². The van der Waals surface area contributed by atoms with E-state index in [9.17, 15) is 4.79 Å². The Bertz CT molecular complexity index is 436. The van der Waals surface area contributed by atoms with Crippen molar-refractivity contribution in [2.75, 3.05) is 20.3 Å². The molecule has 0 radical (unpaired) electrons. The number of carbonyl (C=O) groups excluding carboxylic acids is 1. The molecule has 1 heterocycles. The van der Waals surface area contributed by atoms with Crippen LogP contribution in [0.5, 0.6) is 0 Å². The topological polar surface area (TPSA) is 50.4 Å². The summed E-state index contributed by atoms with van der Waals surface area (Å²) in [6.07, 6.45) is 0. The first kappa shape index (κ1) is 14.5. The first-order valence-corrected chi connectivity index (χ1v) is 7.22. The van der Waals surface area contributed by atoms with Crippen LogP contribution in [-0.4, -0.2) is 32.2 Å². The van der Waals surface area contributed by atoms with Crippen LogP contribution < -0.4 is 10.6 Å². The Morgan fingerprint density at radius 2 is 2.05 bits per heavy atom. The van der Waals surface area contributed by atoms with Crippen molar-refractivity contribution < 1.29 is 9.53 Å². The van der Waals surface area contributed by atoms with Crippen LogP contribution in [0.15, 0.2) is 28.7 Å². The van der Waals surface area contributed by atoms with Gasteiger partial charge in [-0.05, 0) is 31.7 Å². The lowest BCUT2D eigenvalue weighted by molar-refractivity contribution is -0.126. The smallest absolute Gasteiger partial charge is 0.227 e. The summed E-state index contributed by atoms with van der Waals surface area (Å²) in [6, 6.07) is 8.09. The van der Waals surface area contributed by atoms with Gasteiger partial charge >= 0.3 is 0 Å². The van der Waals surface area contributed by atoms with Crippen LogP contribution in [0.4, 0.5) is 0 Å². The molecule has 104 valence electrons. The maximum Gasteiger partial charge on any atom is 0.227 e. The third-order valence-electron chi connectivity index (χ3n) is 3.52. The number of benzene rings is 1. The predicted octanol–water partition coefficient (Wildman–Crippen LogP) is 1.86. The Morgan fingerprint density at radius 1 is 1.37 bits per heavy atom. The molecule has 19 heavy (non-hydrogen) atoms. The lowest BCUT2D eigenvalue weighted by atomic mass is 10.0. The molecular weight excluding hydrogens is 308 g/mol. The van der Waals surface area contributed by atoms with Gasteiger partial charge in [0.05, 0.1) is 25.2 Å². The molecule has 3 atom stereocenters. The van der Waals surface area contributed by atoms with Gasteiger partial charge in [0.1, 0.15) is 0 Å². The predicted molar refractivity (Wildman–Crippen MR) is 77.9 cm³/mol. The van der Waals surface area contributed by atoms with E-state index in [2.05, 4.69) is 26.6 Å². The van der Waals surface area contributed by atoms with Crippen LogP contribution in [0.1, 0.15) is 18.5 Å². The van der Waals surface area contributed by atoms with E-state index in [1.54, 1.807) is 0 Å². The minimum Gasteiger partial charge on any atom is -0.379 e. The molecular formula is C14H19BrN2O2. The van der Waals surface area contributed by atoms with Crippen molar-refractivity contribution in [1.29, 1.82) is 0 Å². The summed E-state index contributed by atoms with van der Waals surface area (Å²) in [5, 5.41) is 6.17. The molecule has 3 unspecified atom stereocenters. The van der Waals surface area contributed by atoms with Gasteiger partial charge < -0.3 is 15.4 Å². The van der Waals surface area contributed by atoms with Crippen LogP contribution in [0, 0.1) is 5.92 Å². The van der Waals surface area contributed by atoms with Crippen molar-refractivity contribution >= 4 is 21.8 Å². The summed E-state index contributed by atoms with van der Waals surface area (Å²) in [6.45, 7) is 3.08. The number of nitrogens with one attached hydrogen (secondary N) is 2. The number of halogens is 1. The molecule has 1 aliphatic rings. The second-order valence-corrected chi connectivity index (χ2v) is 5.74. The summed E-state index contributed by atoms with van der Waals surface area (Å²) < 4.78 is 6.39. The van der Waals surface area contributed by atoms with E-state index in [1.807, 2.05) is 38.2 Å². The molecule has 1 amide bonds.